The van der Waals surface area contributed by atoms with Gasteiger partial charge in [-0.15, -0.1) is 11.3 Å². The van der Waals surface area contributed by atoms with Crippen LogP contribution in [0.1, 0.15) is 30.0 Å². The smallest absolute Gasteiger partial charge is 0.228 e. The zero-order chi connectivity index (χ0) is 20.5. The second-order valence-electron chi connectivity index (χ2n) is 8.25. The molecule has 0 bridgehead atoms. The first-order valence-electron chi connectivity index (χ1n) is 10.9. The molecular weight excluding hydrogens is 392 g/mol. The fourth-order valence-corrected chi connectivity index (χ4v) is 5.64. The van der Waals surface area contributed by atoms with Gasteiger partial charge in [-0.25, -0.2) is 4.98 Å². The minimum absolute atomic E-state index is 0.255. The number of carbonyl (C=O) groups excluding carboxylic acids is 1. The molecule has 6 heteroatoms. The van der Waals surface area contributed by atoms with E-state index >= 15 is 0 Å². The van der Waals surface area contributed by atoms with Crippen LogP contribution in [-0.2, 0) is 11.2 Å². The number of benzene rings is 2. The number of para-hydroxylation sites is 2. The van der Waals surface area contributed by atoms with Crippen LogP contribution in [0.4, 0.5) is 5.69 Å². The Bertz CT molecular complexity index is 1010. The summed E-state index contributed by atoms with van der Waals surface area (Å²) in [6.45, 7) is 8.02. The Morgan fingerprint density at radius 1 is 1.03 bits per heavy atom. The van der Waals surface area contributed by atoms with Crippen LogP contribution in [0.5, 0.6) is 0 Å². The van der Waals surface area contributed by atoms with Crippen LogP contribution in [0.3, 0.4) is 0 Å². The zero-order valence-electron chi connectivity index (χ0n) is 17.5. The van der Waals surface area contributed by atoms with Crippen LogP contribution in [-0.4, -0.2) is 60.0 Å². The minimum atomic E-state index is 0.255. The van der Waals surface area contributed by atoms with Crippen molar-refractivity contribution in [2.24, 2.45) is 0 Å². The Balaban J connectivity index is 1.12. The summed E-state index contributed by atoms with van der Waals surface area (Å²) in [4.78, 5) is 24.5. The van der Waals surface area contributed by atoms with Crippen molar-refractivity contribution < 1.29 is 4.79 Å². The molecule has 1 aromatic heterocycles. The summed E-state index contributed by atoms with van der Waals surface area (Å²) in [7, 11) is 0. The molecule has 5 rings (SSSR count). The van der Waals surface area contributed by atoms with E-state index in [1.54, 1.807) is 11.3 Å². The highest BCUT2D eigenvalue weighted by Gasteiger charge is 2.27. The van der Waals surface area contributed by atoms with Gasteiger partial charge < -0.3 is 9.80 Å². The van der Waals surface area contributed by atoms with Crippen LogP contribution in [0.25, 0.3) is 10.2 Å². The molecule has 2 aliphatic rings. The molecule has 0 aliphatic carbocycles. The van der Waals surface area contributed by atoms with Crippen molar-refractivity contribution >= 4 is 33.1 Å². The lowest BCUT2D eigenvalue weighted by Gasteiger charge is -2.37. The monoisotopic (exact) mass is 420 g/mol. The van der Waals surface area contributed by atoms with Gasteiger partial charge in [0.25, 0.3) is 0 Å². The lowest BCUT2D eigenvalue weighted by Crippen LogP contribution is -2.48. The summed E-state index contributed by atoms with van der Waals surface area (Å²) >= 11 is 1.81. The highest BCUT2D eigenvalue weighted by Crippen LogP contribution is 2.30. The van der Waals surface area contributed by atoms with Crippen molar-refractivity contribution in [2.45, 2.75) is 25.8 Å². The van der Waals surface area contributed by atoms with Crippen molar-refractivity contribution in [3.63, 3.8) is 0 Å². The van der Waals surface area contributed by atoms with Gasteiger partial charge in [-0.05, 0) is 37.1 Å². The maximum Gasteiger partial charge on any atom is 0.228 e. The van der Waals surface area contributed by atoms with E-state index in [-0.39, 0.29) is 5.91 Å². The largest absolute Gasteiger partial charge is 0.312 e. The molecule has 0 N–H and O–H groups in total. The zero-order valence-corrected chi connectivity index (χ0v) is 18.3. The normalized spacial score (nSPS) is 18.6. The summed E-state index contributed by atoms with van der Waals surface area (Å²) in [5.74, 6) is 0.255. The summed E-state index contributed by atoms with van der Waals surface area (Å²) < 4.78 is 1.26. The van der Waals surface area contributed by atoms with Gasteiger partial charge in [-0.1, -0.05) is 30.3 Å². The van der Waals surface area contributed by atoms with Gasteiger partial charge in [-0.2, -0.15) is 0 Å². The van der Waals surface area contributed by atoms with Crippen molar-refractivity contribution in [3.8, 4) is 0 Å². The second kappa shape index (κ2) is 8.46. The Morgan fingerprint density at radius 3 is 2.63 bits per heavy atom. The Labute approximate surface area is 181 Å². The molecular formula is C24H28N4OS. The molecule has 2 aromatic carbocycles. The SMILES string of the molecule is C[C@@H](c1nc2ccccc2s1)N1CCN(CCC(=O)N2CCc3ccccc32)CC1. The number of piperazine rings is 1. The fourth-order valence-electron chi connectivity index (χ4n) is 4.59. The first-order chi connectivity index (χ1) is 14.7. The number of amides is 1. The van der Waals surface area contributed by atoms with E-state index < -0.39 is 0 Å². The number of rotatable bonds is 5. The van der Waals surface area contributed by atoms with Crippen molar-refractivity contribution in [1.29, 1.82) is 0 Å². The number of anilines is 1. The van der Waals surface area contributed by atoms with Gasteiger partial charge >= 0.3 is 0 Å². The molecule has 2 aliphatic heterocycles. The molecule has 1 saturated heterocycles. The number of carbonyl (C=O) groups is 1. The maximum absolute atomic E-state index is 12.8. The number of hydrogen-bond acceptors (Lipinski definition) is 5. The predicted molar refractivity (Wildman–Crippen MR) is 123 cm³/mol. The van der Waals surface area contributed by atoms with Crippen LogP contribution >= 0.6 is 11.3 Å². The first-order valence-corrected chi connectivity index (χ1v) is 11.7. The van der Waals surface area contributed by atoms with Gasteiger partial charge in [0.1, 0.15) is 5.01 Å². The maximum atomic E-state index is 12.8. The summed E-state index contributed by atoms with van der Waals surface area (Å²) in [6, 6.07) is 17.0. The molecule has 0 unspecified atom stereocenters. The average molecular weight is 421 g/mol. The standard InChI is InChI=1S/C24H28N4OS/c1-18(24-25-20-7-3-5-9-22(20)30-24)27-16-14-26(15-17-27)12-11-23(29)28-13-10-19-6-2-4-8-21(19)28/h2-9,18H,10-17H2,1H3/t18-/m0/s1. The van der Waals surface area contributed by atoms with Crippen LogP contribution < -0.4 is 4.90 Å². The molecule has 5 nitrogen and oxygen atoms in total. The third-order valence-electron chi connectivity index (χ3n) is 6.45. The van der Waals surface area contributed by atoms with Crippen molar-refractivity contribution in [3.05, 3.63) is 59.1 Å². The van der Waals surface area contributed by atoms with Gasteiger partial charge in [0.15, 0.2) is 0 Å². The summed E-state index contributed by atoms with van der Waals surface area (Å²) in [6.07, 6.45) is 1.58. The number of aromatic nitrogens is 1. The molecule has 1 atom stereocenters. The van der Waals surface area contributed by atoms with E-state index in [0.717, 1.165) is 56.9 Å². The Hall–Kier alpha value is -2.28. The number of thiazole rings is 1. The van der Waals surface area contributed by atoms with E-state index in [9.17, 15) is 4.79 Å². The number of hydrogen-bond donors (Lipinski definition) is 0. The Morgan fingerprint density at radius 2 is 1.80 bits per heavy atom. The molecule has 1 fully saturated rings. The van der Waals surface area contributed by atoms with Gasteiger partial charge in [0, 0.05) is 51.4 Å². The van der Waals surface area contributed by atoms with Crippen LogP contribution in [0.2, 0.25) is 0 Å². The highest BCUT2D eigenvalue weighted by molar-refractivity contribution is 7.18. The van der Waals surface area contributed by atoms with E-state index in [1.165, 1.54) is 15.3 Å². The van der Waals surface area contributed by atoms with Crippen molar-refractivity contribution in [1.82, 2.24) is 14.8 Å². The van der Waals surface area contributed by atoms with E-state index in [0.29, 0.717) is 12.5 Å². The predicted octanol–water partition coefficient (Wildman–Crippen LogP) is 3.95. The van der Waals surface area contributed by atoms with Gasteiger partial charge in [0.05, 0.1) is 16.3 Å². The molecule has 3 heterocycles. The molecule has 1 amide bonds. The van der Waals surface area contributed by atoms with E-state index in [1.807, 2.05) is 11.0 Å². The quantitative estimate of drug-likeness (QED) is 0.627. The van der Waals surface area contributed by atoms with E-state index in [2.05, 4.69) is 59.2 Å². The fraction of sp³-hybridized carbons (Fsp3) is 0.417. The second-order valence-corrected chi connectivity index (χ2v) is 9.31. The lowest BCUT2D eigenvalue weighted by atomic mass is 10.2. The molecule has 30 heavy (non-hydrogen) atoms. The van der Waals surface area contributed by atoms with Gasteiger partial charge in [-0.3, -0.25) is 9.69 Å². The number of nitrogens with zero attached hydrogens (tertiary/aromatic N) is 4. The Kier molecular flexibility index (Phi) is 5.54. The third kappa shape index (κ3) is 3.87. The van der Waals surface area contributed by atoms with Gasteiger partial charge in [0.2, 0.25) is 5.91 Å². The van der Waals surface area contributed by atoms with Crippen LogP contribution in [0, 0.1) is 0 Å². The molecule has 0 radical (unpaired) electrons. The van der Waals surface area contributed by atoms with Crippen molar-refractivity contribution in [2.75, 3.05) is 44.2 Å². The minimum Gasteiger partial charge on any atom is -0.312 e. The molecule has 0 saturated carbocycles. The average Bonchev–Trinajstić information content (AvgIpc) is 3.42. The summed E-state index contributed by atoms with van der Waals surface area (Å²) in [5.41, 5.74) is 3.50. The number of fused-ring (bicyclic) bond motifs is 2. The molecule has 0 spiro atoms. The lowest BCUT2D eigenvalue weighted by molar-refractivity contribution is -0.119. The highest BCUT2D eigenvalue weighted by atomic mass is 32.1. The molecule has 3 aromatic rings. The topological polar surface area (TPSA) is 39.7 Å². The van der Waals surface area contributed by atoms with E-state index in [4.69, 9.17) is 4.98 Å². The first kappa shape index (κ1) is 19.7. The van der Waals surface area contributed by atoms with Crippen LogP contribution in [0.15, 0.2) is 48.5 Å². The summed E-state index contributed by atoms with van der Waals surface area (Å²) in [5, 5.41) is 1.20. The molecule has 156 valence electrons. The third-order valence-corrected chi connectivity index (χ3v) is 7.66.